The predicted octanol–water partition coefficient (Wildman–Crippen LogP) is 1.63. The molecule has 0 radical (unpaired) electrons. The fourth-order valence-corrected chi connectivity index (χ4v) is 2.10. The van der Waals surface area contributed by atoms with Crippen LogP contribution in [0, 0.1) is 0 Å². The summed E-state index contributed by atoms with van der Waals surface area (Å²) in [6, 6.07) is 6.12. The maximum Gasteiger partial charge on any atom is 0.231 e. The van der Waals surface area contributed by atoms with Crippen LogP contribution in [0.25, 0.3) is 0 Å². The SMILES string of the molecule is CCC1C(=O)Nc2ccc(CCN)cc21. The molecule has 1 aromatic carbocycles. The van der Waals surface area contributed by atoms with E-state index in [0.29, 0.717) is 6.54 Å². The van der Waals surface area contributed by atoms with Gasteiger partial charge in [-0.15, -0.1) is 0 Å². The first kappa shape index (κ1) is 10.2. The third-order valence-electron chi connectivity index (χ3n) is 2.91. The molecule has 1 amide bonds. The lowest BCUT2D eigenvalue weighted by Gasteiger charge is -2.06. The van der Waals surface area contributed by atoms with Gasteiger partial charge in [0.1, 0.15) is 0 Å². The van der Waals surface area contributed by atoms with Crippen LogP contribution >= 0.6 is 0 Å². The van der Waals surface area contributed by atoms with Gasteiger partial charge in [0.25, 0.3) is 0 Å². The normalized spacial score (nSPS) is 18.8. The minimum atomic E-state index is 0.0257. The molecule has 1 heterocycles. The Kier molecular flexibility index (Phi) is 2.73. The third-order valence-corrected chi connectivity index (χ3v) is 2.91. The van der Waals surface area contributed by atoms with Crippen molar-refractivity contribution in [1.29, 1.82) is 0 Å². The smallest absolute Gasteiger partial charge is 0.231 e. The van der Waals surface area contributed by atoms with Crippen molar-refractivity contribution in [3.05, 3.63) is 29.3 Å². The average Bonchev–Trinajstić information content (AvgIpc) is 2.53. The fourth-order valence-electron chi connectivity index (χ4n) is 2.10. The zero-order valence-corrected chi connectivity index (χ0v) is 8.92. The van der Waals surface area contributed by atoms with Gasteiger partial charge < -0.3 is 11.1 Å². The summed E-state index contributed by atoms with van der Waals surface area (Å²) >= 11 is 0. The molecule has 0 spiro atoms. The summed E-state index contributed by atoms with van der Waals surface area (Å²) in [7, 11) is 0. The van der Waals surface area contributed by atoms with Crippen LogP contribution in [-0.4, -0.2) is 12.5 Å². The molecule has 1 atom stereocenters. The number of carbonyl (C=O) groups is 1. The molecule has 80 valence electrons. The van der Waals surface area contributed by atoms with E-state index in [0.717, 1.165) is 24.1 Å². The van der Waals surface area contributed by atoms with Crippen LogP contribution in [0.15, 0.2) is 18.2 Å². The van der Waals surface area contributed by atoms with E-state index in [4.69, 9.17) is 5.73 Å². The quantitative estimate of drug-likeness (QED) is 0.786. The molecule has 0 fully saturated rings. The monoisotopic (exact) mass is 204 g/mol. The molecule has 1 aliphatic rings. The van der Waals surface area contributed by atoms with Gasteiger partial charge in [-0.3, -0.25) is 4.79 Å². The van der Waals surface area contributed by atoms with E-state index in [2.05, 4.69) is 11.4 Å². The number of amides is 1. The van der Waals surface area contributed by atoms with Crippen LogP contribution in [0.2, 0.25) is 0 Å². The van der Waals surface area contributed by atoms with Crippen molar-refractivity contribution >= 4 is 11.6 Å². The Morgan fingerprint density at radius 3 is 2.93 bits per heavy atom. The van der Waals surface area contributed by atoms with Crippen molar-refractivity contribution < 1.29 is 4.79 Å². The Bertz CT molecular complexity index is 387. The Labute approximate surface area is 89.7 Å². The van der Waals surface area contributed by atoms with Crippen molar-refractivity contribution in [3.8, 4) is 0 Å². The summed E-state index contributed by atoms with van der Waals surface area (Å²) in [4.78, 5) is 11.6. The summed E-state index contributed by atoms with van der Waals surface area (Å²) in [6.45, 7) is 2.69. The fraction of sp³-hybridized carbons (Fsp3) is 0.417. The highest BCUT2D eigenvalue weighted by Crippen LogP contribution is 2.34. The number of benzene rings is 1. The molecular weight excluding hydrogens is 188 g/mol. The molecule has 0 aliphatic carbocycles. The summed E-state index contributed by atoms with van der Waals surface area (Å²) in [5.41, 5.74) is 8.83. The molecule has 0 saturated carbocycles. The largest absolute Gasteiger partial charge is 0.330 e. The molecule has 0 bridgehead atoms. The van der Waals surface area contributed by atoms with E-state index in [1.54, 1.807) is 0 Å². The Morgan fingerprint density at radius 1 is 1.47 bits per heavy atom. The second-order valence-corrected chi connectivity index (χ2v) is 3.91. The number of rotatable bonds is 3. The molecule has 1 unspecified atom stereocenters. The number of nitrogens with one attached hydrogen (secondary N) is 1. The molecular formula is C12H16N2O. The summed E-state index contributed by atoms with van der Waals surface area (Å²) < 4.78 is 0. The Morgan fingerprint density at radius 2 is 2.27 bits per heavy atom. The summed E-state index contributed by atoms with van der Waals surface area (Å²) in [5.74, 6) is 0.148. The van der Waals surface area contributed by atoms with Crippen molar-refractivity contribution in [2.24, 2.45) is 5.73 Å². The van der Waals surface area contributed by atoms with Crippen LogP contribution < -0.4 is 11.1 Å². The zero-order valence-electron chi connectivity index (χ0n) is 8.92. The molecule has 2 rings (SSSR count). The van der Waals surface area contributed by atoms with Gasteiger partial charge in [0, 0.05) is 5.69 Å². The van der Waals surface area contributed by atoms with Crippen molar-refractivity contribution in [3.63, 3.8) is 0 Å². The van der Waals surface area contributed by atoms with E-state index >= 15 is 0 Å². The van der Waals surface area contributed by atoms with Gasteiger partial charge in [-0.1, -0.05) is 19.1 Å². The van der Waals surface area contributed by atoms with Crippen LogP contribution in [0.4, 0.5) is 5.69 Å². The topological polar surface area (TPSA) is 55.1 Å². The number of anilines is 1. The second kappa shape index (κ2) is 4.03. The van der Waals surface area contributed by atoms with E-state index in [1.165, 1.54) is 5.56 Å². The van der Waals surface area contributed by atoms with Gasteiger partial charge in [-0.05, 0) is 36.6 Å². The van der Waals surface area contributed by atoms with Crippen LogP contribution in [0.3, 0.4) is 0 Å². The third kappa shape index (κ3) is 1.75. The van der Waals surface area contributed by atoms with Gasteiger partial charge in [0.05, 0.1) is 5.92 Å². The number of nitrogens with two attached hydrogens (primary N) is 1. The maximum atomic E-state index is 11.6. The Balaban J connectivity index is 2.35. The van der Waals surface area contributed by atoms with E-state index in [1.807, 2.05) is 19.1 Å². The van der Waals surface area contributed by atoms with E-state index < -0.39 is 0 Å². The number of carbonyl (C=O) groups excluding carboxylic acids is 1. The van der Waals surface area contributed by atoms with Gasteiger partial charge >= 0.3 is 0 Å². The van der Waals surface area contributed by atoms with E-state index in [9.17, 15) is 4.79 Å². The van der Waals surface area contributed by atoms with Crippen LogP contribution in [0.5, 0.6) is 0 Å². The maximum absolute atomic E-state index is 11.6. The minimum Gasteiger partial charge on any atom is -0.330 e. The van der Waals surface area contributed by atoms with Gasteiger partial charge in [0.15, 0.2) is 0 Å². The molecule has 3 heteroatoms. The number of hydrogen-bond donors (Lipinski definition) is 2. The first-order valence-corrected chi connectivity index (χ1v) is 5.40. The average molecular weight is 204 g/mol. The van der Waals surface area contributed by atoms with Gasteiger partial charge in [0.2, 0.25) is 5.91 Å². The highest BCUT2D eigenvalue weighted by molar-refractivity contribution is 6.02. The molecule has 1 aromatic rings. The molecule has 1 aliphatic heterocycles. The zero-order chi connectivity index (χ0) is 10.8. The Hall–Kier alpha value is -1.35. The molecule has 3 N–H and O–H groups in total. The van der Waals surface area contributed by atoms with Crippen molar-refractivity contribution in [2.75, 3.05) is 11.9 Å². The van der Waals surface area contributed by atoms with Crippen molar-refractivity contribution in [1.82, 2.24) is 0 Å². The summed E-state index contributed by atoms with van der Waals surface area (Å²) in [6.07, 6.45) is 1.73. The van der Waals surface area contributed by atoms with Crippen LogP contribution in [0.1, 0.15) is 30.4 Å². The lowest BCUT2D eigenvalue weighted by molar-refractivity contribution is -0.117. The van der Waals surface area contributed by atoms with Gasteiger partial charge in [-0.2, -0.15) is 0 Å². The van der Waals surface area contributed by atoms with Crippen molar-refractivity contribution in [2.45, 2.75) is 25.7 Å². The summed E-state index contributed by atoms with van der Waals surface area (Å²) in [5, 5.41) is 2.90. The lowest BCUT2D eigenvalue weighted by Crippen LogP contribution is -2.10. The highest BCUT2D eigenvalue weighted by Gasteiger charge is 2.28. The highest BCUT2D eigenvalue weighted by atomic mass is 16.2. The molecule has 0 saturated heterocycles. The minimum absolute atomic E-state index is 0.0257. The second-order valence-electron chi connectivity index (χ2n) is 3.91. The van der Waals surface area contributed by atoms with Crippen LogP contribution in [-0.2, 0) is 11.2 Å². The number of hydrogen-bond acceptors (Lipinski definition) is 2. The lowest BCUT2D eigenvalue weighted by atomic mass is 9.96. The molecule has 3 nitrogen and oxygen atoms in total. The molecule has 15 heavy (non-hydrogen) atoms. The molecule has 0 aromatic heterocycles. The van der Waals surface area contributed by atoms with Gasteiger partial charge in [-0.25, -0.2) is 0 Å². The van der Waals surface area contributed by atoms with E-state index in [-0.39, 0.29) is 11.8 Å². The number of fused-ring (bicyclic) bond motifs is 1. The predicted molar refractivity (Wildman–Crippen MR) is 60.9 cm³/mol. The first-order chi connectivity index (χ1) is 7.26. The standard InChI is InChI=1S/C12H16N2O/c1-2-9-10-7-8(5-6-13)3-4-11(10)14-12(9)15/h3-4,7,9H,2,5-6,13H2,1H3,(H,14,15). The first-order valence-electron chi connectivity index (χ1n) is 5.40.